The molecule has 0 aliphatic carbocycles. The first-order chi connectivity index (χ1) is 13.0. The summed E-state index contributed by atoms with van der Waals surface area (Å²) in [6.45, 7) is 3.61. The van der Waals surface area contributed by atoms with Crippen LogP contribution in [0.5, 0.6) is 0 Å². The van der Waals surface area contributed by atoms with Crippen molar-refractivity contribution in [1.29, 1.82) is 0 Å². The van der Waals surface area contributed by atoms with Gasteiger partial charge >= 0.3 is 0 Å². The average Bonchev–Trinajstić information content (AvgIpc) is 3.11. The van der Waals surface area contributed by atoms with Gasteiger partial charge in [0, 0.05) is 44.7 Å². The standard InChI is InChI=1S/C18H23ClFN5O2.ClH/c19-14-9-11(20)1-2-12(14)17(26)24-5-7-25(8-6-24)18(27)16-13-10-21-4-3-15(13)22-23-16;/h1-2,9,13,15-16,21-23H,3-8,10H2;1H. The van der Waals surface area contributed by atoms with Crippen LogP contribution in [0.1, 0.15) is 16.8 Å². The Balaban J connectivity index is 0.00000225. The van der Waals surface area contributed by atoms with Crippen LogP contribution >= 0.6 is 24.0 Å². The van der Waals surface area contributed by atoms with Gasteiger partial charge in [0.25, 0.3) is 5.91 Å². The summed E-state index contributed by atoms with van der Waals surface area (Å²) in [5, 5.41) is 3.46. The molecule has 3 heterocycles. The van der Waals surface area contributed by atoms with E-state index in [2.05, 4.69) is 16.2 Å². The minimum atomic E-state index is -0.472. The number of benzene rings is 1. The maximum atomic E-state index is 13.2. The van der Waals surface area contributed by atoms with Crippen molar-refractivity contribution in [1.82, 2.24) is 26.0 Å². The van der Waals surface area contributed by atoms with E-state index in [-0.39, 0.29) is 46.8 Å². The first-order valence-corrected chi connectivity index (χ1v) is 9.67. The maximum absolute atomic E-state index is 13.2. The third kappa shape index (κ3) is 4.11. The SMILES string of the molecule is Cl.O=C(c1ccc(F)cc1Cl)N1CCN(C(=O)C2NNC3CCNCC32)CC1. The number of nitrogens with one attached hydrogen (secondary N) is 3. The highest BCUT2D eigenvalue weighted by Crippen LogP contribution is 2.23. The van der Waals surface area contributed by atoms with E-state index < -0.39 is 5.82 Å². The Hall–Kier alpha value is -1.45. The number of nitrogens with zero attached hydrogens (tertiary/aromatic N) is 2. The summed E-state index contributed by atoms with van der Waals surface area (Å²) in [5.74, 6) is -0.390. The first kappa shape index (κ1) is 21.3. The molecule has 7 nitrogen and oxygen atoms in total. The lowest BCUT2D eigenvalue weighted by atomic mass is 9.89. The third-order valence-corrected chi connectivity index (χ3v) is 6.00. The van der Waals surface area contributed by atoms with E-state index in [9.17, 15) is 14.0 Å². The number of hydrazine groups is 1. The average molecular weight is 432 g/mol. The van der Waals surface area contributed by atoms with E-state index in [1.54, 1.807) is 4.90 Å². The Morgan fingerprint density at radius 1 is 1.11 bits per heavy atom. The van der Waals surface area contributed by atoms with Gasteiger partial charge in [-0.2, -0.15) is 0 Å². The molecule has 1 aromatic carbocycles. The number of rotatable bonds is 2. The number of carbonyl (C=O) groups excluding carboxylic acids is 2. The molecule has 0 bridgehead atoms. The molecule has 4 rings (SSSR count). The van der Waals surface area contributed by atoms with E-state index in [1.165, 1.54) is 12.1 Å². The van der Waals surface area contributed by atoms with Crippen LogP contribution < -0.4 is 16.2 Å². The molecule has 28 heavy (non-hydrogen) atoms. The topological polar surface area (TPSA) is 76.7 Å². The van der Waals surface area contributed by atoms with E-state index >= 15 is 0 Å². The van der Waals surface area contributed by atoms with Gasteiger partial charge in [-0.05, 0) is 31.2 Å². The largest absolute Gasteiger partial charge is 0.338 e. The fourth-order valence-corrected chi connectivity index (χ4v) is 4.37. The summed E-state index contributed by atoms with van der Waals surface area (Å²) in [6, 6.07) is 3.86. The van der Waals surface area contributed by atoms with Gasteiger partial charge in [-0.1, -0.05) is 11.6 Å². The molecule has 0 spiro atoms. The fourth-order valence-electron chi connectivity index (χ4n) is 4.12. The van der Waals surface area contributed by atoms with Crippen LogP contribution in [0.15, 0.2) is 18.2 Å². The highest BCUT2D eigenvalue weighted by atomic mass is 35.5. The Bertz CT molecular complexity index is 745. The van der Waals surface area contributed by atoms with Crippen molar-refractivity contribution in [2.45, 2.75) is 18.5 Å². The van der Waals surface area contributed by atoms with Gasteiger partial charge in [-0.15, -0.1) is 12.4 Å². The van der Waals surface area contributed by atoms with Crippen LogP contribution in [0, 0.1) is 11.7 Å². The summed E-state index contributed by atoms with van der Waals surface area (Å²) in [7, 11) is 0. The second-order valence-electron chi connectivity index (χ2n) is 7.27. The van der Waals surface area contributed by atoms with Crippen molar-refractivity contribution in [3.8, 4) is 0 Å². The molecular formula is C18H24Cl2FN5O2. The molecular weight excluding hydrogens is 408 g/mol. The number of piperazine rings is 1. The van der Waals surface area contributed by atoms with Crippen LogP contribution in [0.2, 0.25) is 5.02 Å². The smallest absolute Gasteiger partial charge is 0.255 e. The lowest BCUT2D eigenvalue weighted by molar-refractivity contribution is -0.135. The van der Waals surface area contributed by atoms with Crippen molar-refractivity contribution >= 4 is 35.8 Å². The number of halogens is 3. The number of amides is 2. The van der Waals surface area contributed by atoms with Crippen molar-refractivity contribution in [3.63, 3.8) is 0 Å². The Kier molecular flexibility index (Phi) is 6.77. The van der Waals surface area contributed by atoms with Gasteiger partial charge in [0.1, 0.15) is 11.9 Å². The molecule has 154 valence electrons. The van der Waals surface area contributed by atoms with Crippen LogP contribution in [0.3, 0.4) is 0 Å². The molecule has 3 atom stereocenters. The second-order valence-corrected chi connectivity index (χ2v) is 7.68. The predicted molar refractivity (Wildman–Crippen MR) is 106 cm³/mol. The molecule has 3 aliphatic heterocycles. The molecule has 3 aliphatic rings. The zero-order valence-electron chi connectivity index (χ0n) is 15.3. The summed E-state index contributed by atoms with van der Waals surface area (Å²) >= 11 is 6.00. The van der Waals surface area contributed by atoms with Crippen molar-refractivity contribution in [2.75, 3.05) is 39.3 Å². The number of fused-ring (bicyclic) bond motifs is 1. The lowest BCUT2D eigenvalue weighted by Crippen LogP contribution is -2.56. The number of piperidine rings is 1. The minimum Gasteiger partial charge on any atom is -0.338 e. The molecule has 3 N–H and O–H groups in total. The molecule has 0 saturated carbocycles. The quantitative estimate of drug-likeness (QED) is 0.640. The van der Waals surface area contributed by atoms with E-state index in [0.717, 1.165) is 25.6 Å². The summed E-state index contributed by atoms with van der Waals surface area (Å²) < 4.78 is 13.2. The van der Waals surface area contributed by atoms with Gasteiger partial charge in [0.05, 0.1) is 10.6 Å². The first-order valence-electron chi connectivity index (χ1n) is 9.29. The van der Waals surface area contributed by atoms with Crippen LogP contribution in [-0.4, -0.2) is 73.0 Å². The molecule has 2 amide bonds. The summed E-state index contributed by atoms with van der Waals surface area (Å²) in [6.07, 6.45) is 1.00. The van der Waals surface area contributed by atoms with Gasteiger partial charge < -0.3 is 15.1 Å². The Morgan fingerprint density at radius 2 is 1.82 bits per heavy atom. The molecule has 3 fully saturated rings. The summed E-state index contributed by atoms with van der Waals surface area (Å²) in [4.78, 5) is 29.0. The Labute approximate surface area is 174 Å². The predicted octanol–water partition coefficient (Wildman–Crippen LogP) is 0.640. The third-order valence-electron chi connectivity index (χ3n) is 5.69. The number of hydrogen-bond donors (Lipinski definition) is 3. The molecule has 3 unspecified atom stereocenters. The number of carbonyl (C=O) groups is 2. The highest BCUT2D eigenvalue weighted by molar-refractivity contribution is 6.33. The molecule has 1 aromatic rings. The second kappa shape index (κ2) is 8.92. The number of hydrogen-bond acceptors (Lipinski definition) is 5. The molecule has 3 saturated heterocycles. The fraction of sp³-hybridized carbons (Fsp3) is 0.556. The van der Waals surface area contributed by atoms with Crippen molar-refractivity contribution in [2.24, 2.45) is 5.92 Å². The highest BCUT2D eigenvalue weighted by Gasteiger charge is 2.43. The molecule has 0 aromatic heterocycles. The van der Waals surface area contributed by atoms with Crippen LogP contribution in [0.25, 0.3) is 0 Å². The van der Waals surface area contributed by atoms with E-state index in [0.29, 0.717) is 32.2 Å². The summed E-state index contributed by atoms with van der Waals surface area (Å²) in [5.41, 5.74) is 6.68. The monoisotopic (exact) mass is 431 g/mol. The zero-order valence-corrected chi connectivity index (χ0v) is 16.9. The van der Waals surface area contributed by atoms with Gasteiger partial charge in [0.2, 0.25) is 5.91 Å². The normalized spacial score (nSPS) is 27.1. The minimum absolute atomic E-state index is 0. The van der Waals surface area contributed by atoms with E-state index in [4.69, 9.17) is 11.6 Å². The lowest BCUT2D eigenvalue weighted by Gasteiger charge is -2.37. The van der Waals surface area contributed by atoms with Crippen LogP contribution in [0.4, 0.5) is 4.39 Å². The zero-order chi connectivity index (χ0) is 19.0. The van der Waals surface area contributed by atoms with Gasteiger partial charge in [0.15, 0.2) is 0 Å². The Morgan fingerprint density at radius 3 is 2.54 bits per heavy atom. The maximum Gasteiger partial charge on any atom is 0.255 e. The van der Waals surface area contributed by atoms with Crippen molar-refractivity contribution in [3.05, 3.63) is 34.6 Å². The van der Waals surface area contributed by atoms with Gasteiger partial charge in [-0.25, -0.2) is 9.82 Å². The van der Waals surface area contributed by atoms with E-state index in [1.807, 2.05) is 4.90 Å². The molecule has 0 radical (unpaired) electrons. The molecule has 10 heteroatoms. The van der Waals surface area contributed by atoms with Crippen LogP contribution in [-0.2, 0) is 4.79 Å². The van der Waals surface area contributed by atoms with Gasteiger partial charge in [-0.3, -0.25) is 15.0 Å². The van der Waals surface area contributed by atoms with Crippen molar-refractivity contribution < 1.29 is 14.0 Å².